The van der Waals surface area contributed by atoms with Gasteiger partial charge in [0, 0.05) is 0 Å². The molecule has 0 aliphatic heterocycles. The average Bonchev–Trinajstić information content (AvgIpc) is 2.61. The van der Waals surface area contributed by atoms with Gasteiger partial charge in [-0.15, -0.1) is 0 Å². The normalized spacial score (nSPS) is 10.9. The molecule has 0 saturated carbocycles. The van der Waals surface area contributed by atoms with Gasteiger partial charge >= 0.3 is 5.97 Å². The van der Waals surface area contributed by atoms with Crippen molar-refractivity contribution in [2.75, 3.05) is 6.61 Å². The molecule has 1 radical (unpaired) electrons. The van der Waals surface area contributed by atoms with Crippen molar-refractivity contribution >= 4 is 5.97 Å². The molecule has 3 heteroatoms. The van der Waals surface area contributed by atoms with E-state index in [1.165, 1.54) is 57.8 Å². The molecule has 0 atom stereocenters. The van der Waals surface area contributed by atoms with Gasteiger partial charge < -0.3 is 0 Å². The lowest BCUT2D eigenvalue weighted by Gasteiger charge is -2.06. The molecule has 26 heavy (non-hydrogen) atoms. The second-order valence-corrected chi connectivity index (χ2v) is 7.31. The molecule has 1 rings (SSSR count). The molecule has 0 amide bonds. The van der Waals surface area contributed by atoms with E-state index in [9.17, 15) is 4.79 Å². The fourth-order valence-corrected chi connectivity index (χ4v) is 3.16. The third-order valence-corrected chi connectivity index (χ3v) is 4.57. The maximum Gasteiger partial charge on any atom is 0.373 e. The summed E-state index contributed by atoms with van der Waals surface area (Å²) in [5, 5.41) is 0. The Morgan fingerprint density at radius 1 is 0.769 bits per heavy atom. The Labute approximate surface area is 160 Å². The summed E-state index contributed by atoms with van der Waals surface area (Å²) in [4.78, 5) is 21.9. The van der Waals surface area contributed by atoms with Gasteiger partial charge in [-0.25, -0.2) is 4.79 Å². The van der Waals surface area contributed by atoms with Crippen molar-refractivity contribution in [2.24, 2.45) is 0 Å². The van der Waals surface area contributed by atoms with Gasteiger partial charge in [-0.05, 0) is 32.4 Å². The second-order valence-electron chi connectivity index (χ2n) is 7.31. The fourth-order valence-electron chi connectivity index (χ4n) is 3.16. The third kappa shape index (κ3) is 11.3. The molecule has 0 saturated heterocycles. The number of aryl methyl sites for hydroxylation is 2. The van der Waals surface area contributed by atoms with Gasteiger partial charge in [-0.2, -0.15) is 4.89 Å². The summed E-state index contributed by atoms with van der Waals surface area (Å²) in [6, 6.07) is 5.67. The van der Waals surface area contributed by atoms with Gasteiger partial charge in [0.1, 0.15) is 0 Å². The predicted octanol–water partition coefficient (Wildman–Crippen LogP) is 6.91. The van der Waals surface area contributed by atoms with E-state index in [2.05, 4.69) is 6.92 Å². The first-order valence-corrected chi connectivity index (χ1v) is 10.3. The van der Waals surface area contributed by atoms with Crippen LogP contribution in [-0.2, 0) is 9.78 Å². The van der Waals surface area contributed by atoms with Crippen LogP contribution in [0, 0.1) is 20.8 Å². The Kier molecular flexibility index (Phi) is 12.9. The van der Waals surface area contributed by atoms with Crippen molar-refractivity contribution in [3.63, 3.8) is 0 Å². The maximum absolute atomic E-state index is 11.9. The highest BCUT2D eigenvalue weighted by Gasteiger charge is 2.09. The van der Waals surface area contributed by atoms with Crippen LogP contribution < -0.4 is 0 Å². The molecule has 0 bridgehead atoms. The van der Waals surface area contributed by atoms with Crippen LogP contribution in [0.1, 0.15) is 98.5 Å². The lowest BCUT2D eigenvalue weighted by Crippen LogP contribution is -2.07. The van der Waals surface area contributed by atoms with Crippen LogP contribution in [0.4, 0.5) is 0 Å². The first-order chi connectivity index (χ1) is 12.6. The van der Waals surface area contributed by atoms with Crippen molar-refractivity contribution in [1.82, 2.24) is 0 Å². The molecule has 3 nitrogen and oxygen atoms in total. The average molecular weight is 362 g/mol. The number of rotatable bonds is 15. The second kappa shape index (κ2) is 14.8. The highest BCUT2D eigenvalue weighted by molar-refractivity contribution is 5.89. The Bertz CT molecular complexity index is 476. The van der Waals surface area contributed by atoms with Crippen molar-refractivity contribution in [3.05, 3.63) is 41.8 Å². The number of benzene rings is 1. The summed E-state index contributed by atoms with van der Waals surface area (Å²) in [5.74, 6) is -0.410. The van der Waals surface area contributed by atoms with Gasteiger partial charge in [0.25, 0.3) is 0 Å². The van der Waals surface area contributed by atoms with Crippen molar-refractivity contribution in [3.8, 4) is 0 Å². The Hall–Kier alpha value is -1.35. The van der Waals surface area contributed by atoms with E-state index in [4.69, 9.17) is 9.78 Å². The van der Waals surface area contributed by atoms with E-state index in [1.54, 1.807) is 0 Å². The predicted molar refractivity (Wildman–Crippen MR) is 108 cm³/mol. The van der Waals surface area contributed by atoms with Crippen molar-refractivity contribution < 1.29 is 14.6 Å². The lowest BCUT2D eigenvalue weighted by molar-refractivity contribution is -0.241. The summed E-state index contributed by atoms with van der Waals surface area (Å²) in [6.07, 6.45) is 15.1. The zero-order valence-corrected chi connectivity index (χ0v) is 16.9. The highest BCUT2D eigenvalue weighted by Crippen LogP contribution is 2.13. The molecule has 1 aromatic carbocycles. The van der Waals surface area contributed by atoms with E-state index < -0.39 is 5.97 Å². The molecular formula is C23H37O3. The fraction of sp³-hybridized carbons (Fsp3) is 0.652. The Balaban J connectivity index is 1.91. The Morgan fingerprint density at radius 3 is 1.73 bits per heavy atom. The third-order valence-electron chi connectivity index (χ3n) is 4.57. The molecule has 0 aliphatic rings. The first kappa shape index (κ1) is 22.7. The minimum absolute atomic E-state index is 0.410. The quantitative estimate of drug-likeness (QED) is 0.193. The molecule has 0 aliphatic carbocycles. The van der Waals surface area contributed by atoms with Crippen LogP contribution in [0.5, 0.6) is 0 Å². The van der Waals surface area contributed by atoms with E-state index in [0.29, 0.717) is 12.2 Å². The number of hydrogen-bond donors (Lipinski definition) is 0. The number of hydrogen-bond acceptors (Lipinski definition) is 3. The van der Waals surface area contributed by atoms with Crippen LogP contribution in [0.2, 0.25) is 0 Å². The molecule has 0 aromatic heterocycles. The number of unbranched alkanes of at least 4 members (excludes halogenated alkanes) is 11. The summed E-state index contributed by atoms with van der Waals surface area (Å²) in [5.41, 5.74) is 2.65. The number of carbonyl (C=O) groups is 1. The molecule has 0 unspecified atom stereocenters. The SMILES string of the molecule is [CH2]CCCCCCCCCCCCCOOC(=O)c1cc(C)cc(C)c1. The van der Waals surface area contributed by atoms with Gasteiger partial charge in [0.2, 0.25) is 0 Å². The first-order valence-electron chi connectivity index (χ1n) is 10.3. The number of carbonyl (C=O) groups excluding carboxylic acids is 1. The standard InChI is InChI=1S/C23H37O3/c1-4-5-6-7-8-9-10-11-12-13-14-15-16-25-26-23(24)22-18-20(2)17-21(3)19-22/h17-19H,1,4-16H2,2-3H3. The molecule has 0 N–H and O–H groups in total. The minimum atomic E-state index is -0.410. The summed E-state index contributed by atoms with van der Waals surface area (Å²) >= 11 is 0. The van der Waals surface area contributed by atoms with E-state index in [0.717, 1.165) is 30.4 Å². The van der Waals surface area contributed by atoms with Gasteiger partial charge in [0.15, 0.2) is 0 Å². The maximum atomic E-state index is 11.9. The van der Waals surface area contributed by atoms with Crippen LogP contribution in [-0.4, -0.2) is 12.6 Å². The monoisotopic (exact) mass is 361 g/mol. The van der Waals surface area contributed by atoms with Crippen molar-refractivity contribution in [2.45, 2.75) is 90.9 Å². The van der Waals surface area contributed by atoms with Crippen LogP contribution in [0.3, 0.4) is 0 Å². The molecule has 147 valence electrons. The Morgan fingerprint density at radius 2 is 1.23 bits per heavy atom. The van der Waals surface area contributed by atoms with E-state index >= 15 is 0 Å². The molecule has 0 heterocycles. The summed E-state index contributed by atoms with van der Waals surface area (Å²) < 4.78 is 0. The highest BCUT2D eigenvalue weighted by atomic mass is 17.2. The van der Waals surface area contributed by atoms with Crippen LogP contribution >= 0.6 is 0 Å². The van der Waals surface area contributed by atoms with E-state index in [1.807, 2.05) is 32.0 Å². The topological polar surface area (TPSA) is 35.5 Å². The summed E-state index contributed by atoms with van der Waals surface area (Å²) in [6.45, 7) is 8.28. The van der Waals surface area contributed by atoms with Crippen molar-refractivity contribution in [1.29, 1.82) is 0 Å². The minimum Gasteiger partial charge on any atom is -0.293 e. The molecule has 0 fully saturated rings. The molecular weight excluding hydrogens is 324 g/mol. The zero-order valence-electron chi connectivity index (χ0n) is 16.9. The van der Waals surface area contributed by atoms with Gasteiger partial charge in [0.05, 0.1) is 12.2 Å². The summed E-state index contributed by atoms with van der Waals surface area (Å²) in [7, 11) is 0. The van der Waals surface area contributed by atoms with Crippen LogP contribution in [0.15, 0.2) is 18.2 Å². The largest absolute Gasteiger partial charge is 0.373 e. The van der Waals surface area contributed by atoms with E-state index in [-0.39, 0.29) is 0 Å². The molecule has 0 spiro atoms. The zero-order chi connectivity index (χ0) is 19.0. The smallest absolute Gasteiger partial charge is 0.293 e. The van der Waals surface area contributed by atoms with Gasteiger partial charge in [-0.1, -0.05) is 94.7 Å². The lowest BCUT2D eigenvalue weighted by atomic mass is 10.1. The molecule has 1 aromatic rings. The van der Waals surface area contributed by atoms with Gasteiger partial charge in [-0.3, -0.25) is 4.89 Å². The van der Waals surface area contributed by atoms with Crippen LogP contribution in [0.25, 0.3) is 0 Å².